The molecule has 1 aliphatic rings. The number of furan rings is 1. The third-order valence-electron chi connectivity index (χ3n) is 3.80. The molecule has 3 aromatic rings. The fraction of sp³-hybridized carbons (Fsp3) is 0.375. The van der Waals surface area contributed by atoms with Gasteiger partial charge >= 0.3 is 0 Å². The van der Waals surface area contributed by atoms with Crippen LogP contribution in [0.5, 0.6) is 0 Å². The SMILES string of the molecule is CC(C)c1nc2cc(NC(=O)C3CC3)nc(-c3ccco3)n2n1. The lowest BCUT2D eigenvalue weighted by molar-refractivity contribution is -0.117. The molecule has 3 aromatic heterocycles. The standard InChI is InChI=1S/C16H17N5O2/c1-9(2)14-19-13-8-12(18-16(22)10-5-6-10)17-15(21(13)20-14)11-4-3-7-23-11/h3-4,7-10H,5-6H2,1-2H3,(H,18,22). The van der Waals surface area contributed by atoms with Crippen molar-refractivity contribution in [1.29, 1.82) is 0 Å². The second-order valence-corrected chi connectivity index (χ2v) is 6.10. The molecule has 0 unspecified atom stereocenters. The Kier molecular flexibility index (Phi) is 3.14. The molecular formula is C16H17N5O2. The maximum absolute atomic E-state index is 12.0. The molecule has 1 aliphatic carbocycles. The van der Waals surface area contributed by atoms with Crippen LogP contribution in [-0.4, -0.2) is 25.5 Å². The van der Waals surface area contributed by atoms with E-state index in [1.165, 1.54) is 0 Å². The molecule has 1 N–H and O–H groups in total. The zero-order valence-corrected chi connectivity index (χ0v) is 13.0. The van der Waals surface area contributed by atoms with Crippen LogP contribution in [0.25, 0.3) is 17.2 Å². The van der Waals surface area contributed by atoms with E-state index >= 15 is 0 Å². The van der Waals surface area contributed by atoms with Crippen molar-refractivity contribution in [3.63, 3.8) is 0 Å². The number of rotatable bonds is 4. The number of amides is 1. The van der Waals surface area contributed by atoms with Crippen molar-refractivity contribution in [2.45, 2.75) is 32.6 Å². The van der Waals surface area contributed by atoms with Gasteiger partial charge in [0.2, 0.25) is 11.7 Å². The Bertz CT molecular complexity index is 862. The Morgan fingerprint density at radius 2 is 2.22 bits per heavy atom. The summed E-state index contributed by atoms with van der Waals surface area (Å²) >= 11 is 0. The number of hydrogen-bond donors (Lipinski definition) is 1. The van der Waals surface area contributed by atoms with Crippen molar-refractivity contribution in [3.05, 3.63) is 30.3 Å². The molecule has 4 rings (SSSR count). The Balaban J connectivity index is 1.83. The molecule has 0 radical (unpaired) electrons. The normalized spacial score (nSPS) is 14.6. The fourth-order valence-electron chi connectivity index (χ4n) is 2.35. The van der Waals surface area contributed by atoms with Crippen molar-refractivity contribution >= 4 is 17.4 Å². The van der Waals surface area contributed by atoms with Gasteiger partial charge in [-0.05, 0) is 25.0 Å². The van der Waals surface area contributed by atoms with E-state index in [4.69, 9.17) is 4.42 Å². The van der Waals surface area contributed by atoms with Crippen LogP contribution in [0.15, 0.2) is 28.9 Å². The summed E-state index contributed by atoms with van der Waals surface area (Å²) < 4.78 is 7.11. The smallest absolute Gasteiger partial charge is 0.228 e. The van der Waals surface area contributed by atoms with Crippen LogP contribution in [0.2, 0.25) is 0 Å². The van der Waals surface area contributed by atoms with E-state index in [0.717, 1.165) is 18.7 Å². The lowest BCUT2D eigenvalue weighted by Gasteiger charge is -2.06. The average Bonchev–Trinajstić information content (AvgIpc) is 3.07. The van der Waals surface area contributed by atoms with Crippen molar-refractivity contribution in [3.8, 4) is 11.6 Å². The molecule has 0 aromatic carbocycles. The Labute approximate surface area is 132 Å². The quantitative estimate of drug-likeness (QED) is 0.800. The van der Waals surface area contributed by atoms with Gasteiger partial charge in [-0.15, -0.1) is 5.10 Å². The number of carbonyl (C=O) groups excluding carboxylic acids is 1. The first-order valence-electron chi connectivity index (χ1n) is 7.74. The van der Waals surface area contributed by atoms with Crippen LogP contribution in [-0.2, 0) is 4.79 Å². The topological polar surface area (TPSA) is 85.3 Å². The van der Waals surface area contributed by atoms with Gasteiger partial charge in [0.15, 0.2) is 17.2 Å². The summed E-state index contributed by atoms with van der Waals surface area (Å²) in [4.78, 5) is 21.0. The Morgan fingerprint density at radius 1 is 1.39 bits per heavy atom. The van der Waals surface area contributed by atoms with E-state index in [0.29, 0.717) is 23.0 Å². The van der Waals surface area contributed by atoms with E-state index in [9.17, 15) is 4.79 Å². The zero-order valence-electron chi connectivity index (χ0n) is 13.0. The fourth-order valence-corrected chi connectivity index (χ4v) is 2.35. The molecule has 1 saturated carbocycles. The molecular weight excluding hydrogens is 294 g/mol. The van der Waals surface area contributed by atoms with Gasteiger partial charge in [-0.1, -0.05) is 13.8 Å². The second kappa shape index (κ2) is 5.19. The van der Waals surface area contributed by atoms with E-state index in [-0.39, 0.29) is 17.7 Å². The summed E-state index contributed by atoms with van der Waals surface area (Å²) in [7, 11) is 0. The Morgan fingerprint density at radius 3 is 2.87 bits per heavy atom. The summed E-state index contributed by atoms with van der Waals surface area (Å²) in [6.07, 6.45) is 3.47. The highest BCUT2D eigenvalue weighted by Gasteiger charge is 2.30. The number of aromatic nitrogens is 4. The van der Waals surface area contributed by atoms with E-state index in [1.807, 2.05) is 19.9 Å². The number of nitrogens with zero attached hydrogens (tertiary/aromatic N) is 4. The van der Waals surface area contributed by atoms with Crippen molar-refractivity contribution < 1.29 is 9.21 Å². The summed E-state index contributed by atoms with van der Waals surface area (Å²) in [5, 5.41) is 7.37. The summed E-state index contributed by atoms with van der Waals surface area (Å²) in [5.41, 5.74) is 0.640. The second-order valence-electron chi connectivity index (χ2n) is 6.10. The number of carbonyl (C=O) groups is 1. The molecule has 1 amide bonds. The lowest BCUT2D eigenvalue weighted by Crippen LogP contribution is -2.15. The number of nitrogens with one attached hydrogen (secondary N) is 1. The van der Waals surface area contributed by atoms with Gasteiger partial charge in [0.25, 0.3) is 0 Å². The summed E-state index contributed by atoms with van der Waals surface area (Å²) in [6.45, 7) is 4.06. The molecule has 7 nitrogen and oxygen atoms in total. The number of hydrogen-bond acceptors (Lipinski definition) is 5. The highest BCUT2D eigenvalue weighted by molar-refractivity contribution is 5.93. The van der Waals surface area contributed by atoms with Gasteiger partial charge in [0.05, 0.1) is 6.26 Å². The maximum Gasteiger partial charge on any atom is 0.228 e. The zero-order chi connectivity index (χ0) is 16.0. The molecule has 7 heteroatoms. The number of fused-ring (bicyclic) bond motifs is 1. The van der Waals surface area contributed by atoms with E-state index < -0.39 is 0 Å². The first-order valence-corrected chi connectivity index (χ1v) is 7.74. The predicted octanol–water partition coefficient (Wildman–Crippen LogP) is 2.86. The van der Waals surface area contributed by atoms with Gasteiger partial charge in [0.1, 0.15) is 5.82 Å². The van der Waals surface area contributed by atoms with Crippen LogP contribution in [0.3, 0.4) is 0 Å². The van der Waals surface area contributed by atoms with Crippen LogP contribution >= 0.6 is 0 Å². The molecule has 0 bridgehead atoms. The molecule has 0 spiro atoms. The maximum atomic E-state index is 12.0. The van der Waals surface area contributed by atoms with Crippen LogP contribution in [0.1, 0.15) is 38.4 Å². The first-order chi connectivity index (χ1) is 11.1. The van der Waals surface area contributed by atoms with E-state index in [1.54, 1.807) is 22.9 Å². The summed E-state index contributed by atoms with van der Waals surface area (Å²) in [5.74, 6) is 2.63. The Hall–Kier alpha value is -2.70. The largest absolute Gasteiger partial charge is 0.461 e. The molecule has 118 valence electrons. The monoisotopic (exact) mass is 311 g/mol. The van der Waals surface area contributed by atoms with Crippen molar-refractivity contribution in [1.82, 2.24) is 19.6 Å². The molecule has 3 heterocycles. The van der Waals surface area contributed by atoms with Gasteiger partial charge < -0.3 is 9.73 Å². The minimum Gasteiger partial charge on any atom is -0.461 e. The highest BCUT2D eigenvalue weighted by Crippen LogP contribution is 2.30. The predicted molar refractivity (Wildman–Crippen MR) is 83.9 cm³/mol. The van der Waals surface area contributed by atoms with Crippen molar-refractivity contribution in [2.75, 3.05) is 5.32 Å². The third kappa shape index (κ3) is 2.58. The third-order valence-corrected chi connectivity index (χ3v) is 3.80. The van der Waals surface area contributed by atoms with Crippen molar-refractivity contribution in [2.24, 2.45) is 5.92 Å². The van der Waals surface area contributed by atoms with Gasteiger partial charge in [0, 0.05) is 17.9 Å². The molecule has 0 aliphatic heterocycles. The molecule has 0 atom stereocenters. The minimum absolute atomic E-state index is 0.0100. The van der Waals surface area contributed by atoms with Crippen LogP contribution < -0.4 is 5.32 Å². The van der Waals surface area contributed by atoms with E-state index in [2.05, 4.69) is 20.4 Å². The number of anilines is 1. The van der Waals surface area contributed by atoms with Gasteiger partial charge in [-0.2, -0.15) is 4.52 Å². The van der Waals surface area contributed by atoms with Gasteiger partial charge in [-0.25, -0.2) is 9.97 Å². The first kappa shape index (κ1) is 13.9. The highest BCUT2D eigenvalue weighted by atomic mass is 16.3. The average molecular weight is 311 g/mol. The minimum atomic E-state index is 0.0100. The van der Waals surface area contributed by atoms with Gasteiger partial charge in [-0.3, -0.25) is 4.79 Å². The molecule has 0 saturated heterocycles. The lowest BCUT2D eigenvalue weighted by atomic mass is 10.2. The van der Waals surface area contributed by atoms with Crippen LogP contribution in [0, 0.1) is 5.92 Å². The summed E-state index contributed by atoms with van der Waals surface area (Å²) in [6, 6.07) is 5.34. The molecule has 1 fully saturated rings. The molecule has 23 heavy (non-hydrogen) atoms. The van der Waals surface area contributed by atoms with Crippen LogP contribution in [0.4, 0.5) is 5.82 Å².